The minimum absolute atomic E-state index is 0. The van der Waals surface area contributed by atoms with E-state index in [0.717, 1.165) is 23.6 Å². The van der Waals surface area contributed by atoms with E-state index < -0.39 is 0 Å². The van der Waals surface area contributed by atoms with Crippen LogP contribution in [0.2, 0.25) is 5.02 Å². The molecule has 1 N–H and O–H groups in total. The Kier molecular flexibility index (Phi) is 7.06. The molecule has 0 saturated carbocycles. The number of pyridine rings is 1. The van der Waals surface area contributed by atoms with Crippen molar-refractivity contribution in [3.63, 3.8) is 0 Å². The predicted molar refractivity (Wildman–Crippen MR) is 110 cm³/mol. The van der Waals surface area contributed by atoms with E-state index in [4.69, 9.17) is 11.6 Å². The molecule has 0 bridgehead atoms. The van der Waals surface area contributed by atoms with Crippen molar-refractivity contribution in [2.75, 3.05) is 19.6 Å². The van der Waals surface area contributed by atoms with Crippen LogP contribution in [0, 0.1) is 6.92 Å². The van der Waals surface area contributed by atoms with Crippen molar-refractivity contribution in [1.82, 2.24) is 24.8 Å². The molecule has 27 heavy (non-hydrogen) atoms. The van der Waals surface area contributed by atoms with Gasteiger partial charge in [-0.2, -0.15) is 0 Å². The normalized spacial score (nSPS) is 16.5. The van der Waals surface area contributed by atoms with Crippen LogP contribution < -0.4 is 5.32 Å². The lowest BCUT2D eigenvalue weighted by molar-refractivity contribution is 0.0634. The SMILES string of the molecule is Cc1nnc2ccc(C(=O)N3CCNCC3c3ccccc3Cl)cn12.Cl.Cl. The van der Waals surface area contributed by atoms with Gasteiger partial charge in [0.2, 0.25) is 0 Å². The number of fused-ring (bicyclic) bond motifs is 1. The second-order valence-electron chi connectivity index (χ2n) is 6.13. The summed E-state index contributed by atoms with van der Waals surface area (Å²) < 4.78 is 1.83. The molecule has 1 saturated heterocycles. The van der Waals surface area contributed by atoms with Crippen LogP contribution in [0.4, 0.5) is 0 Å². The third-order valence-electron chi connectivity index (χ3n) is 4.59. The first-order chi connectivity index (χ1) is 12.1. The van der Waals surface area contributed by atoms with Gasteiger partial charge < -0.3 is 10.2 Å². The van der Waals surface area contributed by atoms with Gasteiger partial charge in [0.15, 0.2) is 5.65 Å². The van der Waals surface area contributed by atoms with Gasteiger partial charge in [0.25, 0.3) is 5.91 Å². The second-order valence-corrected chi connectivity index (χ2v) is 6.54. The molecular formula is C18H20Cl3N5O. The van der Waals surface area contributed by atoms with E-state index in [2.05, 4.69) is 15.5 Å². The standard InChI is InChI=1S/C18H18ClN5O.2ClH/c1-12-21-22-17-7-6-13(11-24(12)17)18(25)23-9-8-20-10-16(23)14-4-2-3-5-15(14)19;;/h2-7,11,16,20H,8-10H2,1H3;2*1H. The maximum Gasteiger partial charge on any atom is 0.255 e. The minimum atomic E-state index is -0.0901. The number of nitrogens with one attached hydrogen (secondary N) is 1. The summed E-state index contributed by atoms with van der Waals surface area (Å²) in [5.74, 6) is 0.744. The van der Waals surface area contributed by atoms with Crippen LogP contribution in [0.1, 0.15) is 27.8 Å². The Morgan fingerprint density at radius 2 is 1.96 bits per heavy atom. The van der Waals surface area contributed by atoms with Crippen molar-refractivity contribution in [1.29, 1.82) is 0 Å². The summed E-state index contributed by atoms with van der Waals surface area (Å²) in [6, 6.07) is 11.2. The molecule has 4 rings (SSSR count). The van der Waals surface area contributed by atoms with E-state index in [9.17, 15) is 4.79 Å². The van der Waals surface area contributed by atoms with Crippen molar-refractivity contribution in [2.45, 2.75) is 13.0 Å². The maximum atomic E-state index is 13.2. The number of amides is 1. The number of carbonyl (C=O) groups is 1. The molecule has 9 heteroatoms. The van der Waals surface area contributed by atoms with Crippen molar-refractivity contribution >= 4 is 48.0 Å². The molecule has 144 valence electrons. The van der Waals surface area contributed by atoms with Gasteiger partial charge in [0.05, 0.1) is 11.6 Å². The Balaban J connectivity index is 0.00000131. The molecule has 1 aromatic carbocycles. The molecule has 6 nitrogen and oxygen atoms in total. The Hall–Kier alpha value is -1.86. The van der Waals surface area contributed by atoms with Crippen LogP contribution in [0.15, 0.2) is 42.6 Å². The monoisotopic (exact) mass is 427 g/mol. The molecular weight excluding hydrogens is 409 g/mol. The molecule has 0 spiro atoms. The van der Waals surface area contributed by atoms with Crippen LogP contribution in [-0.4, -0.2) is 45.0 Å². The van der Waals surface area contributed by atoms with E-state index >= 15 is 0 Å². The minimum Gasteiger partial charge on any atom is -0.329 e. The maximum absolute atomic E-state index is 13.2. The van der Waals surface area contributed by atoms with E-state index in [0.29, 0.717) is 23.7 Å². The number of aryl methyl sites for hydroxylation is 1. The van der Waals surface area contributed by atoms with Gasteiger partial charge in [0.1, 0.15) is 5.82 Å². The highest BCUT2D eigenvalue weighted by molar-refractivity contribution is 6.31. The number of benzene rings is 1. The highest BCUT2D eigenvalue weighted by atomic mass is 35.5. The molecule has 0 radical (unpaired) electrons. The average molecular weight is 429 g/mol. The van der Waals surface area contributed by atoms with Crippen molar-refractivity contribution in [3.05, 3.63) is 64.6 Å². The van der Waals surface area contributed by atoms with Gasteiger partial charge >= 0.3 is 0 Å². The number of hydrogen-bond acceptors (Lipinski definition) is 4. The van der Waals surface area contributed by atoms with E-state index in [-0.39, 0.29) is 36.8 Å². The Labute approximate surface area is 174 Å². The molecule has 2 aromatic heterocycles. The van der Waals surface area contributed by atoms with Gasteiger partial charge in [-0.3, -0.25) is 9.20 Å². The van der Waals surface area contributed by atoms with Gasteiger partial charge in [-0.15, -0.1) is 35.0 Å². The lowest BCUT2D eigenvalue weighted by atomic mass is 10.0. The van der Waals surface area contributed by atoms with Gasteiger partial charge in [-0.1, -0.05) is 29.8 Å². The second kappa shape index (κ2) is 8.89. The Morgan fingerprint density at radius 1 is 1.19 bits per heavy atom. The summed E-state index contributed by atoms with van der Waals surface area (Å²) in [5, 5.41) is 12.1. The van der Waals surface area contributed by atoms with Gasteiger partial charge in [-0.25, -0.2) is 0 Å². The van der Waals surface area contributed by atoms with E-state index in [1.807, 2.05) is 46.6 Å². The smallest absolute Gasteiger partial charge is 0.255 e. The topological polar surface area (TPSA) is 62.5 Å². The lowest BCUT2D eigenvalue weighted by Crippen LogP contribution is -2.48. The molecule has 1 fully saturated rings. The molecule has 1 atom stereocenters. The number of nitrogens with zero attached hydrogens (tertiary/aromatic N) is 4. The lowest BCUT2D eigenvalue weighted by Gasteiger charge is -2.37. The number of rotatable bonds is 2. The third-order valence-corrected chi connectivity index (χ3v) is 4.93. The summed E-state index contributed by atoms with van der Waals surface area (Å²) in [4.78, 5) is 15.1. The van der Waals surface area contributed by atoms with Crippen LogP contribution in [-0.2, 0) is 0 Å². The largest absolute Gasteiger partial charge is 0.329 e. The zero-order valence-corrected chi connectivity index (χ0v) is 17.0. The number of hydrogen-bond donors (Lipinski definition) is 1. The summed E-state index contributed by atoms with van der Waals surface area (Å²) in [6.45, 7) is 3.95. The quantitative estimate of drug-likeness (QED) is 0.680. The van der Waals surface area contributed by atoms with Crippen molar-refractivity contribution in [3.8, 4) is 0 Å². The van der Waals surface area contributed by atoms with Crippen LogP contribution in [0.25, 0.3) is 5.65 Å². The third kappa shape index (κ3) is 4.04. The van der Waals surface area contributed by atoms with Gasteiger partial charge in [-0.05, 0) is 30.7 Å². The predicted octanol–water partition coefficient (Wildman–Crippen LogP) is 3.32. The van der Waals surface area contributed by atoms with Crippen LogP contribution >= 0.6 is 36.4 Å². The van der Waals surface area contributed by atoms with E-state index in [1.165, 1.54) is 0 Å². The summed E-state index contributed by atoms with van der Waals surface area (Å²) in [6.07, 6.45) is 1.80. The van der Waals surface area contributed by atoms with E-state index in [1.54, 1.807) is 12.3 Å². The highest BCUT2D eigenvalue weighted by Gasteiger charge is 2.30. The number of halogens is 3. The first kappa shape index (κ1) is 21.4. The molecule has 3 aromatic rings. The molecule has 1 unspecified atom stereocenters. The summed E-state index contributed by atoms with van der Waals surface area (Å²) >= 11 is 6.37. The number of piperazine rings is 1. The average Bonchev–Trinajstić information content (AvgIpc) is 3.02. The molecule has 1 amide bonds. The fourth-order valence-electron chi connectivity index (χ4n) is 3.27. The molecule has 1 aliphatic rings. The summed E-state index contributed by atoms with van der Waals surface area (Å²) in [7, 11) is 0. The van der Waals surface area contributed by atoms with Crippen LogP contribution in [0.5, 0.6) is 0 Å². The highest BCUT2D eigenvalue weighted by Crippen LogP contribution is 2.29. The fraction of sp³-hybridized carbons (Fsp3) is 0.278. The molecule has 0 aliphatic carbocycles. The number of carbonyl (C=O) groups excluding carboxylic acids is 1. The first-order valence-electron chi connectivity index (χ1n) is 8.22. The fourth-order valence-corrected chi connectivity index (χ4v) is 3.53. The molecule has 3 heterocycles. The first-order valence-corrected chi connectivity index (χ1v) is 8.60. The van der Waals surface area contributed by atoms with Crippen molar-refractivity contribution in [2.24, 2.45) is 0 Å². The van der Waals surface area contributed by atoms with Crippen LogP contribution in [0.3, 0.4) is 0 Å². The Bertz CT molecular complexity index is 946. The van der Waals surface area contributed by atoms with Crippen molar-refractivity contribution < 1.29 is 4.79 Å². The number of aromatic nitrogens is 3. The van der Waals surface area contributed by atoms with Gasteiger partial charge in [0, 0.05) is 30.9 Å². The Morgan fingerprint density at radius 3 is 2.74 bits per heavy atom. The molecule has 1 aliphatic heterocycles. The zero-order valence-electron chi connectivity index (χ0n) is 14.6. The summed E-state index contributed by atoms with van der Waals surface area (Å²) in [5.41, 5.74) is 2.32. The zero-order chi connectivity index (χ0) is 17.4.